The normalized spacial score (nSPS) is 27.7. The maximum atomic E-state index is 12.2. The molecule has 2 heterocycles. The predicted octanol–water partition coefficient (Wildman–Crippen LogP) is 0.726. The van der Waals surface area contributed by atoms with Gasteiger partial charge in [-0.15, -0.1) is 12.4 Å². The van der Waals surface area contributed by atoms with Crippen molar-refractivity contribution in [2.75, 3.05) is 26.2 Å². The van der Waals surface area contributed by atoms with Gasteiger partial charge in [-0.2, -0.15) is 17.4 Å². The molecule has 2 aliphatic heterocycles. The van der Waals surface area contributed by atoms with E-state index in [2.05, 4.69) is 17.0 Å². The fourth-order valence-electron chi connectivity index (χ4n) is 2.59. The quantitative estimate of drug-likeness (QED) is 0.807. The lowest BCUT2D eigenvalue weighted by atomic mass is 10.0. The van der Waals surface area contributed by atoms with Crippen molar-refractivity contribution in [1.82, 2.24) is 14.3 Å². The Labute approximate surface area is 116 Å². The van der Waals surface area contributed by atoms with Crippen molar-refractivity contribution in [3.05, 3.63) is 0 Å². The molecule has 0 aromatic carbocycles. The SMILES string of the molecule is CC1CCCN(S(=O)(=O)NC2CCNCC2)C1.Cl. The van der Waals surface area contributed by atoms with Crippen LogP contribution in [0.25, 0.3) is 0 Å². The van der Waals surface area contributed by atoms with Crippen LogP contribution in [0.4, 0.5) is 0 Å². The smallest absolute Gasteiger partial charge is 0.279 e. The van der Waals surface area contributed by atoms with Crippen LogP contribution in [-0.2, 0) is 10.2 Å². The van der Waals surface area contributed by atoms with Crippen LogP contribution in [0.2, 0.25) is 0 Å². The highest BCUT2D eigenvalue weighted by Crippen LogP contribution is 2.18. The number of rotatable bonds is 3. The highest BCUT2D eigenvalue weighted by molar-refractivity contribution is 7.87. The highest BCUT2D eigenvalue weighted by atomic mass is 35.5. The third kappa shape index (κ3) is 4.35. The topological polar surface area (TPSA) is 61.4 Å². The van der Waals surface area contributed by atoms with Gasteiger partial charge in [0.15, 0.2) is 0 Å². The van der Waals surface area contributed by atoms with E-state index in [0.29, 0.717) is 19.0 Å². The molecule has 0 amide bonds. The maximum Gasteiger partial charge on any atom is 0.279 e. The number of hydrogen-bond acceptors (Lipinski definition) is 3. The van der Waals surface area contributed by atoms with Gasteiger partial charge in [-0.05, 0) is 44.7 Å². The molecule has 7 heteroatoms. The van der Waals surface area contributed by atoms with Gasteiger partial charge < -0.3 is 5.32 Å². The van der Waals surface area contributed by atoms with Crippen LogP contribution in [-0.4, -0.2) is 44.9 Å². The van der Waals surface area contributed by atoms with Gasteiger partial charge in [-0.1, -0.05) is 6.92 Å². The van der Waals surface area contributed by atoms with Gasteiger partial charge in [0, 0.05) is 19.1 Å². The molecule has 0 radical (unpaired) electrons. The minimum Gasteiger partial charge on any atom is -0.317 e. The van der Waals surface area contributed by atoms with E-state index in [1.807, 2.05) is 0 Å². The van der Waals surface area contributed by atoms with Crippen molar-refractivity contribution in [2.24, 2.45) is 5.92 Å². The predicted molar refractivity (Wildman–Crippen MR) is 75.2 cm³/mol. The summed E-state index contributed by atoms with van der Waals surface area (Å²) in [6, 6.07) is 0.110. The zero-order valence-electron chi connectivity index (χ0n) is 10.9. The average Bonchev–Trinajstić information content (AvgIpc) is 2.30. The van der Waals surface area contributed by atoms with Crippen molar-refractivity contribution in [1.29, 1.82) is 0 Å². The van der Waals surface area contributed by atoms with E-state index in [4.69, 9.17) is 0 Å². The molecule has 0 aromatic rings. The van der Waals surface area contributed by atoms with Crippen LogP contribution in [0.5, 0.6) is 0 Å². The van der Waals surface area contributed by atoms with E-state index >= 15 is 0 Å². The molecule has 2 N–H and O–H groups in total. The molecule has 0 bridgehead atoms. The van der Waals surface area contributed by atoms with Crippen molar-refractivity contribution in [3.8, 4) is 0 Å². The Kier molecular flexibility index (Phi) is 6.34. The number of hydrogen-bond donors (Lipinski definition) is 2. The van der Waals surface area contributed by atoms with Crippen LogP contribution in [0.1, 0.15) is 32.6 Å². The molecule has 1 atom stereocenters. The van der Waals surface area contributed by atoms with Crippen LogP contribution in [0, 0.1) is 5.92 Å². The first-order valence-corrected chi connectivity index (χ1v) is 8.00. The highest BCUT2D eigenvalue weighted by Gasteiger charge is 2.29. The zero-order valence-corrected chi connectivity index (χ0v) is 12.5. The third-order valence-corrected chi connectivity index (χ3v) is 5.26. The van der Waals surface area contributed by atoms with Gasteiger partial charge >= 0.3 is 0 Å². The van der Waals surface area contributed by atoms with E-state index in [1.54, 1.807) is 4.31 Å². The standard InChI is InChI=1S/C11H23N3O2S.ClH/c1-10-3-2-8-14(9-10)17(15,16)13-11-4-6-12-7-5-11;/h10-13H,2-9H2,1H3;1H. The van der Waals surface area contributed by atoms with Crippen molar-refractivity contribution in [3.63, 3.8) is 0 Å². The van der Waals surface area contributed by atoms with E-state index in [-0.39, 0.29) is 18.4 Å². The van der Waals surface area contributed by atoms with Gasteiger partial charge in [0.25, 0.3) is 10.2 Å². The number of nitrogens with zero attached hydrogens (tertiary/aromatic N) is 1. The summed E-state index contributed by atoms with van der Waals surface area (Å²) < 4.78 is 28.8. The minimum atomic E-state index is -3.26. The summed E-state index contributed by atoms with van der Waals surface area (Å²) in [6.07, 6.45) is 3.90. The molecule has 0 saturated carbocycles. The summed E-state index contributed by atoms with van der Waals surface area (Å²) in [4.78, 5) is 0. The van der Waals surface area contributed by atoms with Gasteiger partial charge in [-0.25, -0.2) is 0 Å². The molecule has 5 nitrogen and oxygen atoms in total. The molecular weight excluding hydrogens is 274 g/mol. The second kappa shape index (κ2) is 7.05. The van der Waals surface area contributed by atoms with E-state index in [0.717, 1.165) is 38.8 Å². The van der Waals surface area contributed by atoms with Crippen LogP contribution >= 0.6 is 12.4 Å². The van der Waals surface area contributed by atoms with Crippen molar-refractivity contribution in [2.45, 2.75) is 38.6 Å². The second-order valence-electron chi connectivity index (χ2n) is 5.25. The lowest BCUT2D eigenvalue weighted by molar-refractivity contribution is 0.274. The number of piperidine rings is 2. The Bertz CT molecular complexity index is 344. The zero-order chi connectivity index (χ0) is 12.3. The molecule has 18 heavy (non-hydrogen) atoms. The van der Waals surface area contributed by atoms with Crippen molar-refractivity contribution >= 4 is 22.6 Å². The molecular formula is C11H24ClN3O2S. The molecule has 1 unspecified atom stereocenters. The van der Waals surface area contributed by atoms with Gasteiger partial charge in [0.05, 0.1) is 0 Å². The molecule has 0 spiro atoms. The molecule has 2 fully saturated rings. The van der Waals surface area contributed by atoms with E-state index in [9.17, 15) is 8.42 Å². The fourth-order valence-corrected chi connectivity index (χ4v) is 4.22. The average molecular weight is 298 g/mol. The first-order valence-electron chi connectivity index (χ1n) is 6.56. The summed E-state index contributed by atoms with van der Waals surface area (Å²) in [5.74, 6) is 0.480. The van der Waals surface area contributed by atoms with Crippen LogP contribution in [0.15, 0.2) is 0 Å². The first kappa shape index (κ1) is 16.2. The monoisotopic (exact) mass is 297 g/mol. The van der Waals surface area contributed by atoms with E-state index in [1.165, 1.54) is 0 Å². The Morgan fingerprint density at radius 3 is 2.50 bits per heavy atom. The van der Waals surface area contributed by atoms with Crippen LogP contribution < -0.4 is 10.0 Å². The molecule has 2 rings (SSSR count). The molecule has 2 aliphatic rings. The summed E-state index contributed by atoms with van der Waals surface area (Å²) in [5, 5.41) is 3.24. The molecule has 0 aromatic heterocycles. The largest absolute Gasteiger partial charge is 0.317 e. The summed E-state index contributed by atoms with van der Waals surface area (Å²) in [6.45, 7) is 5.27. The maximum absolute atomic E-state index is 12.2. The number of nitrogens with one attached hydrogen (secondary N) is 2. The summed E-state index contributed by atoms with van der Waals surface area (Å²) in [5.41, 5.74) is 0. The summed E-state index contributed by atoms with van der Waals surface area (Å²) in [7, 11) is -3.26. The molecule has 108 valence electrons. The third-order valence-electron chi connectivity index (χ3n) is 3.61. The molecule has 0 aliphatic carbocycles. The summed E-state index contributed by atoms with van der Waals surface area (Å²) >= 11 is 0. The first-order chi connectivity index (χ1) is 8.08. The lowest BCUT2D eigenvalue weighted by Gasteiger charge is -2.32. The Hall–Kier alpha value is 0.120. The van der Waals surface area contributed by atoms with Gasteiger partial charge in [0.2, 0.25) is 0 Å². The lowest BCUT2D eigenvalue weighted by Crippen LogP contribution is -2.51. The second-order valence-corrected chi connectivity index (χ2v) is 6.95. The minimum absolute atomic E-state index is 0. The van der Waals surface area contributed by atoms with Crippen molar-refractivity contribution < 1.29 is 8.42 Å². The van der Waals surface area contributed by atoms with E-state index < -0.39 is 10.2 Å². The van der Waals surface area contributed by atoms with Gasteiger partial charge in [-0.3, -0.25) is 0 Å². The Morgan fingerprint density at radius 1 is 1.22 bits per heavy atom. The van der Waals surface area contributed by atoms with Gasteiger partial charge in [0.1, 0.15) is 0 Å². The Balaban J connectivity index is 0.00000162. The fraction of sp³-hybridized carbons (Fsp3) is 1.00. The van der Waals surface area contributed by atoms with Crippen LogP contribution in [0.3, 0.4) is 0 Å². The molecule has 2 saturated heterocycles. The number of halogens is 1. The Morgan fingerprint density at radius 2 is 1.89 bits per heavy atom.